The number of halogens is 3. The Morgan fingerprint density at radius 3 is 2.47 bits per heavy atom. The third-order valence-electron chi connectivity index (χ3n) is 6.73. The van der Waals surface area contributed by atoms with Gasteiger partial charge in [0, 0.05) is 31.1 Å². The Morgan fingerprint density at radius 1 is 1.03 bits per heavy atom. The topological polar surface area (TPSA) is 50.5 Å². The van der Waals surface area contributed by atoms with E-state index in [4.69, 9.17) is 4.74 Å². The first kappa shape index (κ1) is 24.3. The summed E-state index contributed by atoms with van der Waals surface area (Å²) < 4.78 is 46.7. The highest BCUT2D eigenvalue weighted by atomic mass is 19.4. The van der Waals surface area contributed by atoms with Crippen LogP contribution in [0.3, 0.4) is 0 Å². The van der Waals surface area contributed by atoms with Crippen LogP contribution in [0.1, 0.15) is 35.1 Å². The molecule has 0 amide bonds. The van der Waals surface area contributed by atoms with Gasteiger partial charge in [0.05, 0.1) is 19.2 Å². The zero-order valence-electron chi connectivity index (χ0n) is 19.3. The molecule has 4 rings (SSSR count). The summed E-state index contributed by atoms with van der Waals surface area (Å²) in [5.74, 6) is 0.818. The number of hydrogen-bond donors (Lipinski definition) is 1. The van der Waals surface area contributed by atoms with E-state index in [2.05, 4.69) is 22.1 Å². The summed E-state index contributed by atoms with van der Waals surface area (Å²) >= 11 is 0. The van der Waals surface area contributed by atoms with E-state index in [1.54, 1.807) is 19.4 Å². The van der Waals surface area contributed by atoms with Crippen LogP contribution in [0.5, 0.6) is 5.75 Å². The third-order valence-corrected chi connectivity index (χ3v) is 6.73. The minimum atomic E-state index is -4.36. The van der Waals surface area contributed by atoms with E-state index < -0.39 is 17.2 Å². The predicted molar refractivity (Wildman–Crippen MR) is 124 cm³/mol. The van der Waals surface area contributed by atoms with Crippen molar-refractivity contribution < 1.29 is 23.0 Å². The van der Waals surface area contributed by atoms with E-state index in [1.165, 1.54) is 12.1 Å². The second kappa shape index (κ2) is 10.2. The number of aliphatic hydroxyl groups is 1. The van der Waals surface area contributed by atoms with Crippen LogP contribution in [-0.2, 0) is 25.7 Å². The van der Waals surface area contributed by atoms with Crippen LogP contribution in [0.2, 0.25) is 0 Å². The van der Waals surface area contributed by atoms with E-state index in [1.807, 2.05) is 23.0 Å². The number of methoxy groups -OCH3 is 1. The van der Waals surface area contributed by atoms with Gasteiger partial charge in [-0.05, 0) is 73.2 Å². The number of alkyl halides is 3. The fourth-order valence-electron chi connectivity index (χ4n) is 4.75. The second-order valence-electron chi connectivity index (χ2n) is 9.16. The van der Waals surface area contributed by atoms with Gasteiger partial charge in [-0.3, -0.25) is 9.58 Å². The number of aliphatic hydroxyl groups excluding tert-OH is 1. The Labute approximate surface area is 197 Å². The predicted octanol–water partition coefficient (Wildman–Crippen LogP) is 4.78. The molecule has 1 fully saturated rings. The summed E-state index contributed by atoms with van der Waals surface area (Å²) in [5.41, 5.74) is 1.80. The van der Waals surface area contributed by atoms with Crippen molar-refractivity contribution >= 4 is 0 Å². The molecule has 0 spiro atoms. The molecule has 1 aliphatic rings. The van der Waals surface area contributed by atoms with Crippen molar-refractivity contribution in [2.24, 2.45) is 5.41 Å². The average Bonchev–Trinajstić information content (AvgIpc) is 3.33. The van der Waals surface area contributed by atoms with Crippen molar-refractivity contribution in [2.75, 3.05) is 26.8 Å². The van der Waals surface area contributed by atoms with Gasteiger partial charge in [-0.15, -0.1) is 0 Å². The summed E-state index contributed by atoms with van der Waals surface area (Å²) in [7, 11) is 1.66. The highest BCUT2D eigenvalue weighted by molar-refractivity contribution is 5.37. The van der Waals surface area contributed by atoms with Gasteiger partial charge in [-0.2, -0.15) is 18.3 Å². The molecule has 0 atom stereocenters. The van der Waals surface area contributed by atoms with Gasteiger partial charge in [-0.1, -0.05) is 24.3 Å². The smallest absolute Gasteiger partial charge is 0.416 e. The maximum atomic E-state index is 13.1. The Kier molecular flexibility index (Phi) is 7.28. The summed E-state index contributed by atoms with van der Waals surface area (Å²) in [4.78, 5) is 2.33. The van der Waals surface area contributed by atoms with Crippen LogP contribution >= 0.6 is 0 Å². The lowest BCUT2D eigenvalue weighted by molar-refractivity contribution is -0.137. The van der Waals surface area contributed by atoms with Crippen LogP contribution in [0.15, 0.2) is 60.9 Å². The summed E-state index contributed by atoms with van der Waals surface area (Å²) in [6, 6.07) is 13.5. The molecule has 0 bridgehead atoms. The van der Waals surface area contributed by atoms with Crippen LogP contribution in [0, 0.1) is 5.41 Å². The minimum Gasteiger partial charge on any atom is -0.496 e. The molecule has 1 N–H and O–H groups in total. The molecule has 0 aliphatic carbocycles. The molecule has 3 aromatic rings. The van der Waals surface area contributed by atoms with Crippen molar-refractivity contribution in [1.82, 2.24) is 14.7 Å². The minimum absolute atomic E-state index is 0.0341. The molecule has 1 saturated heterocycles. The first-order chi connectivity index (χ1) is 16.3. The van der Waals surface area contributed by atoms with E-state index in [9.17, 15) is 18.3 Å². The van der Waals surface area contributed by atoms with Gasteiger partial charge in [0.2, 0.25) is 0 Å². The van der Waals surface area contributed by atoms with Crippen molar-refractivity contribution in [3.05, 3.63) is 83.2 Å². The van der Waals surface area contributed by atoms with Crippen LogP contribution in [0.25, 0.3) is 0 Å². The van der Waals surface area contributed by atoms with E-state index in [-0.39, 0.29) is 6.61 Å². The highest BCUT2D eigenvalue weighted by Gasteiger charge is 2.35. The molecule has 34 heavy (non-hydrogen) atoms. The lowest BCUT2D eigenvalue weighted by Crippen LogP contribution is -2.42. The molecule has 182 valence electrons. The fourth-order valence-corrected chi connectivity index (χ4v) is 4.75. The monoisotopic (exact) mass is 473 g/mol. The number of rotatable bonds is 8. The number of benzene rings is 2. The van der Waals surface area contributed by atoms with Crippen LogP contribution < -0.4 is 4.74 Å². The summed E-state index contributed by atoms with van der Waals surface area (Å²) in [6.45, 7) is 2.91. The maximum Gasteiger partial charge on any atom is 0.416 e. The standard InChI is InChI=1S/C26H30F3N3O2/c1-34-24-7-6-21(14-22(24)18-32-11-3-10-30-32)17-31-12-8-25(19-33,9-13-31)16-20-4-2-5-23(15-20)26(27,28)29/h2-7,10-11,14-15,33H,8-9,12-13,16-19H2,1H3. The maximum absolute atomic E-state index is 13.1. The normalized spacial score (nSPS) is 16.5. The van der Waals surface area contributed by atoms with Gasteiger partial charge < -0.3 is 9.84 Å². The lowest BCUT2D eigenvalue weighted by Gasteiger charge is -2.41. The Bertz CT molecular complexity index is 1080. The molecular formula is C26H30F3N3O2. The number of piperidine rings is 1. The van der Waals surface area contributed by atoms with Crippen molar-refractivity contribution in [1.29, 1.82) is 0 Å². The molecule has 2 heterocycles. The largest absolute Gasteiger partial charge is 0.496 e. The summed E-state index contributed by atoms with van der Waals surface area (Å²) in [6.07, 6.45) is 1.21. The molecule has 0 unspecified atom stereocenters. The van der Waals surface area contributed by atoms with Gasteiger partial charge in [0.25, 0.3) is 0 Å². The molecule has 1 aliphatic heterocycles. The van der Waals surface area contributed by atoms with Gasteiger partial charge in [-0.25, -0.2) is 0 Å². The zero-order chi connectivity index (χ0) is 24.2. The first-order valence-electron chi connectivity index (χ1n) is 11.4. The molecule has 0 radical (unpaired) electrons. The van der Waals surface area contributed by atoms with Gasteiger partial charge in [0.1, 0.15) is 5.75 Å². The van der Waals surface area contributed by atoms with Crippen LogP contribution in [-0.4, -0.2) is 46.6 Å². The number of likely N-dealkylation sites (tertiary alicyclic amines) is 1. The SMILES string of the molecule is COc1ccc(CN2CCC(CO)(Cc3cccc(C(F)(F)F)c3)CC2)cc1Cn1cccn1. The number of ether oxygens (including phenoxy) is 1. The molecule has 2 aromatic carbocycles. The van der Waals surface area contributed by atoms with E-state index >= 15 is 0 Å². The van der Waals surface area contributed by atoms with Gasteiger partial charge in [0.15, 0.2) is 0 Å². The fraction of sp³-hybridized carbons (Fsp3) is 0.423. The second-order valence-corrected chi connectivity index (χ2v) is 9.16. The molecule has 8 heteroatoms. The Morgan fingerprint density at radius 2 is 1.82 bits per heavy atom. The van der Waals surface area contributed by atoms with Crippen molar-refractivity contribution in [3.8, 4) is 5.75 Å². The number of hydrogen-bond acceptors (Lipinski definition) is 4. The zero-order valence-corrected chi connectivity index (χ0v) is 19.3. The summed E-state index contributed by atoms with van der Waals surface area (Å²) in [5, 5.41) is 14.4. The van der Waals surface area contributed by atoms with Crippen molar-refractivity contribution in [2.45, 2.75) is 38.5 Å². The number of aromatic nitrogens is 2. The third kappa shape index (κ3) is 5.80. The molecule has 0 saturated carbocycles. The molecular weight excluding hydrogens is 443 g/mol. The molecule has 5 nitrogen and oxygen atoms in total. The van der Waals surface area contributed by atoms with E-state index in [0.29, 0.717) is 18.5 Å². The quantitative estimate of drug-likeness (QED) is 0.512. The Balaban J connectivity index is 1.40. The Hall–Kier alpha value is -2.84. The average molecular weight is 474 g/mol. The number of nitrogens with zero attached hydrogens (tertiary/aromatic N) is 3. The first-order valence-corrected chi connectivity index (χ1v) is 11.4. The van der Waals surface area contributed by atoms with Crippen LogP contribution in [0.4, 0.5) is 13.2 Å². The van der Waals surface area contributed by atoms with Crippen molar-refractivity contribution in [3.63, 3.8) is 0 Å². The van der Waals surface area contributed by atoms with Gasteiger partial charge >= 0.3 is 6.18 Å². The van der Waals surface area contributed by atoms with E-state index in [0.717, 1.165) is 55.4 Å². The highest BCUT2D eigenvalue weighted by Crippen LogP contribution is 2.37. The molecule has 1 aromatic heterocycles. The lowest BCUT2D eigenvalue weighted by atomic mass is 9.74.